The molecule has 1 amide bonds. The van der Waals surface area contributed by atoms with E-state index in [1.165, 1.54) is 0 Å². The molecule has 0 radical (unpaired) electrons. The number of pyridine rings is 1. The number of piperidine rings is 1. The van der Waals surface area contributed by atoms with Gasteiger partial charge in [0.15, 0.2) is 0 Å². The maximum Gasteiger partial charge on any atom is 0.471 e. The van der Waals surface area contributed by atoms with Crippen LogP contribution in [0.25, 0.3) is 22.4 Å². The second kappa shape index (κ2) is 6.31. The van der Waals surface area contributed by atoms with Crippen LogP contribution < -0.4 is 0 Å². The van der Waals surface area contributed by atoms with Crippen LogP contribution in [0.3, 0.4) is 0 Å². The average molecular weight is 428 g/mol. The molecule has 31 heavy (non-hydrogen) atoms. The molecule has 162 valence electrons. The fourth-order valence-corrected chi connectivity index (χ4v) is 5.46. The zero-order valence-corrected chi connectivity index (χ0v) is 17.5. The van der Waals surface area contributed by atoms with E-state index in [4.69, 9.17) is 4.98 Å². The molecule has 3 heterocycles. The molecular formula is C23H23F3N4O. The highest BCUT2D eigenvalue weighted by atomic mass is 19.4. The maximum absolute atomic E-state index is 13.3. The Bertz CT molecular complexity index is 1180. The van der Waals surface area contributed by atoms with Crippen LogP contribution in [0, 0.1) is 5.41 Å². The molecule has 5 rings (SSSR count). The van der Waals surface area contributed by atoms with Gasteiger partial charge in [-0.05, 0) is 53.6 Å². The Morgan fingerprint density at radius 2 is 2.03 bits per heavy atom. The second-order valence-corrected chi connectivity index (χ2v) is 9.37. The lowest BCUT2D eigenvalue weighted by molar-refractivity contribution is -0.195. The standard InChI is InChI=1S/C23H23F3N4O/c1-21(2)18-10-14-9-16-17(29-19(28-16)13-5-4-7-27-12-13)11-15(14)22(21,3)6-8-30(18)20(31)23(24,25)26/h4-5,7,9,11-12,18H,6,8,10H2,1-3H3,(H,28,29)/t18-,22-/m0/s1. The Morgan fingerprint density at radius 1 is 1.26 bits per heavy atom. The Labute approximate surface area is 177 Å². The summed E-state index contributed by atoms with van der Waals surface area (Å²) in [5.41, 5.74) is 3.72. The molecule has 2 aromatic heterocycles. The highest BCUT2D eigenvalue weighted by Gasteiger charge is 2.59. The lowest BCUT2D eigenvalue weighted by Crippen LogP contribution is -2.66. The number of imidazole rings is 1. The number of alkyl halides is 3. The van der Waals surface area contributed by atoms with Crippen molar-refractivity contribution in [1.82, 2.24) is 19.9 Å². The number of amides is 1. The number of nitrogens with zero attached hydrogens (tertiary/aromatic N) is 3. The predicted molar refractivity (Wildman–Crippen MR) is 110 cm³/mol. The van der Waals surface area contributed by atoms with Gasteiger partial charge < -0.3 is 9.88 Å². The summed E-state index contributed by atoms with van der Waals surface area (Å²) in [5.74, 6) is -1.04. The third kappa shape index (κ3) is 2.80. The van der Waals surface area contributed by atoms with Gasteiger partial charge in [0.05, 0.1) is 11.0 Å². The van der Waals surface area contributed by atoms with Crippen LogP contribution in [0.1, 0.15) is 38.3 Å². The molecular weight excluding hydrogens is 405 g/mol. The van der Waals surface area contributed by atoms with Crippen LogP contribution in [0.4, 0.5) is 13.2 Å². The largest absolute Gasteiger partial charge is 0.471 e. The smallest absolute Gasteiger partial charge is 0.338 e. The Hall–Kier alpha value is -2.90. The van der Waals surface area contributed by atoms with E-state index in [2.05, 4.69) is 23.0 Å². The lowest BCUT2D eigenvalue weighted by Gasteiger charge is -2.60. The highest BCUT2D eigenvalue weighted by Crippen LogP contribution is 2.56. The first-order chi connectivity index (χ1) is 14.5. The zero-order chi connectivity index (χ0) is 22.2. The van der Waals surface area contributed by atoms with Gasteiger partial charge in [-0.15, -0.1) is 0 Å². The Balaban J connectivity index is 1.63. The molecule has 1 aliphatic heterocycles. The molecule has 5 nitrogen and oxygen atoms in total. The van der Waals surface area contributed by atoms with Gasteiger partial charge in [0.2, 0.25) is 0 Å². The van der Waals surface area contributed by atoms with Gasteiger partial charge >= 0.3 is 12.1 Å². The molecule has 1 fully saturated rings. The zero-order valence-electron chi connectivity index (χ0n) is 17.5. The average Bonchev–Trinajstić information content (AvgIpc) is 3.12. The van der Waals surface area contributed by atoms with Crippen LogP contribution in [0.15, 0.2) is 36.7 Å². The van der Waals surface area contributed by atoms with E-state index >= 15 is 0 Å². The van der Waals surface area contributed by atoms with Gasteiger partial charge in [0.1, 0.15) is 5.82 Å². The summed E-state index contributed by atoms with van der Waals surface area (Å²) >= 11 is 0. The van der Waals surface area contributed by atoms with E-state index in [0.29, 0.717) is 18.7 Å². The number of hydrogen-bond donors (Lipinski definition) is 1. The molecule has 8 heteroatoms. The van der Waals surface area contributed by atoms with Gasteiger partial charge in [0, 0.05) is 36.0 Å². The topological polar surface area (TPSA) is 61.9 Å². The molecule has 0 saturated carbocycles. The van der Waals surface area contributed by atoms with Crippen molar-refractivity contribution in [2.24, 2.45) is 5.41 Å². The fourth-order valence-electron chi connectivity index (χ4n) is 5.46. The fraction of sp³-hybridized carbons (Fsp3) is 0.435. The van der Waals surface area contributed by atoms with Gasteiger partial charge in [-0.3, -0.25) is 9.78 Å². The molecule has 1 saturated heterocycles. The molecule has 2 aliphatic rings. The van der Waals surface area contributed by atoms with Crippen molar-refractivity contribution in [1.29, 1.82) is 0 Å². The summed E-state index contributed by atoms with van der Waals surface area (Å²) in [6.45, 7) is 6.16. The van der Waals surface area contributed by atoms with Crippen molar-refractivity contribution in [2.75, 3.05) is 6.54 Å². The third-order valence-electron chi connectivity index (χ3n) is 7.64. The number of hydrogen-bond acceptors (Lipinski definition) is 3. The van der Waals surface area contributed by atoms with Gasteiger partial charge in [-0.25, -0.2) is 4.98 Å². The Kier molecular flexibility index (Phi) is 4.08. The van der Waals surface area contributed by atoms with E-state index in [-0.39, 0.29) is 12.0 Å². The van der Waals surface area contributed by atoms with Gasteiger partial charge in [0.25, 0.3) is 0 Å². The number of halogens is 3. The third-order valence-corrected chi connectivity index (χ3v) is 7.64. The number of H-pyrrole nitrogens is 1. The van der Waals surface area contributed by atoms with Crippen LogP contribution in [-0.4, -0.2) is 44.5 Å². The van der Waals surface area contributed by atoms with E-state index in [1.54, 1.807) is 12.4 Å². The summed E-state index contributed by atoms with van der Waals surface area (Å²) in [6.07, 6.45) is -0.582. The van der Waals surface area contributed by atoms with Crippen LogP contribution in [-0.2, 0) is 16.6 Å². The maximum atomic E-state index is 13.3. The van der Waals surface area contributed by atoms with Crippen molar-refractivity contribution in [3.05, 3.63) is 47.8 Å². The van der Waals surface area contributed by atoms with Crippen molar-refractivity contribution >= 4 is 16.9 Å². The molecule has 1 aliphatic carbocycles. The normalized spacial score (nSPS) is 24.8. The number of carbonyl (C=O) groups excluding carboxylic acids is 1. The summed E-state index contributed by atoms with van der Waals surface area (Å²) in [4.78, 5) is 25.4. The summed E-state index contributed by atoms with van der Waals surface area (Å²) in [5, 5.41) is 0. The first-order valence-corrected chi connectivity index (χ1v) is 10.3. The molecule has 0 unspecified atom stereocenters. The number of benzene rings is 1. The molecule has 1 aromatic carbocycles. The molecule has 3 aromatic rings. The molecule has 2 bridgehead atoms. The first kappa shape index (κ1) is 20.0. The summed E-state index contributed by atoms with van der Waals surface area (Å²) < 4.78 is 39.8. The first-order valence-electron chi connectivity index (χ1n) is 10.3. The van der Waals surface area contributed by atoms with E-state index in [1.807, 2.05) is 32.0 Å². The van der Waals surface area contributed by atoms with Crippen molar-refractivity contribution in [3.63, 3.8) is 0 Å². The molecule has 0 spiro atoms. The monoisotopic (exact) mass is 428 g/mol. The number of carbonyl (C=O) groups is 1. The number of fused-ring (bicyclic) bond motifs is 5. The van der Waals surface area contributed by atoms with E-state index < -0.39 is 23.5 Å². The van der Waals surface area contributed by atoms with E-state index in [9.17, 15) is 18.0 Å². The SMILES string of the molecule is CC1(C)[C@@H]2Cc3cc4[nH]c(-c5cccnc5)nc4cc3[C@]1(C)CCN2C(=O)C(F)(F)F. The van der Waals surface area contributed by atoms with Crippen LogP contribution in [0.2, 0.25) is 0 Å². The summed E-state index contributed by atoms with van der Waals surface area (Å²) in [7, 11) is 0. The van der Waals surface area contributed by atoms with Crippen molar-refractivity contribution in [2.45, 2.75) is 51.2 Å². The van der Waals surface area contributed by atoms with Crippen molar-refractivity contribution in [3.8, 4) is 11.4 Å². The highest BCUT2D eigenvalue weighted by molar-refractivity contribution is 5.84. The van der Waals surface area contributed by atoms with Gasteiger partial charge in [-0.2, -0.15) is 13.2 Å². The predicted octanol–water partition coefficient (Wildman–Crippen LogP) is 4.63. The van der Waals surface area contributed by atoms with E-state index in [0.717, 1.165) is 32.6 Å². The van der Waals surface area contributed by atoms with Crippen LogP contribution >= 0.6 is 0 Å². The Morgan fingerprint density at radius 3 is 2.71 bits per heavy atom. The van der Waals surface area contributed by atoms with Gasteiger partial charge in [-0.1, -0.05) is 20.8 Å². The number of rotatable bonds is 1. The minimum absolute atomic E-state index is 0.0991. The van der Waals surface area contributed by atoms with Crippen molar-refractivity contribution < 1.29 is 18.0 Å². The molecule has 1 N–H and O–H groups in total. The number of aromatic nitrogens is 3. The number of nitrogens with one attached hydrogen (secondary N) is 1. The second-order valence-electron chi connectivity index (χ2n) is 9.37. The molecule has 2 atom stereocenters. The number of aromatic amines is 1. The minimum atomic E-state index is -4.87. The quantitative estimate of drug-likeness (QED) is 0.615. The minimum Gasteiger partial charge on any atom is -0.338 e. The lowest BCUT2D eigenvalue weighted by atomic mass is 9.51. The van der Waals surface area contributed by atoms with Crippen LogP contribution in [0.5, 0.6) is 0 Å². The number of likely N-dealkylation sites (tertiary alicyclic amines) is 1. The summed E-state index contributed by atoms with van der Waals surface area (Å²) in [6, 6.07) is 7.29.